The lowest BCUT2D eigenvalue weighted by Crippen LogP contribution is -2.46. The Bertz CT molecular complexity index is 528. The van der Waals surface area contributed by atoms with Crippen molar-refractivity contribution in [2.75, 3.05) is 40.0 Å². The van der Waals surface area contributed by atoms with Crippen LogP contribution in [0.5, 0.6) is 5.75 Å². The molecule has 1 atom stereocenters. The average molecular weight is 319 g/mol. The number of ether oxygens (including phenoxy) is 2. The fourth-order valence-electron chi connectivity index (χ4n) is 2.85. The zero-order valence-corrected chi connectivity index (χ0v) is 13.6. The number of hydrogen-bond donors (Lipinski definition) is 2. The van der Waals surface area contributed by atoms with E-state index in [1.165, 1.54) is 0 Å². The number of morpholine rings is 1. The van der Waals surface area contributed by atoms with E-state index in [-0.39, 0.29) is 12.1 Å². The summed E-state index contributed by atoms with van der Waals surface area (Å²) in [5.74, 6) is 0.836. The first-order valence-electron chi connectivity index (χ1n) is 8.26. The van der Waals surface area contributed by atoms with Gasteiger partial charge in [0, 0.05) is 25.7 Å². The molecule has 0 radical (unpaired) electrons. The molecule has 3 rings (SSSR count). The summed E-state index contributed by atoms with van der Waals surface area (Å²) >= 11 is 0. The van der Waals surface area contributed by atoms with Crippen LogP contribution in [0.4, 0.5) is 4.79 Å². The molecule has 2 N–H and O–H groups in total. The molecule has 1 aliphatic heterocycles. The third kappa shape index (κ3) is 4.59. The van der Waals surface area contributed by atoms with Crippen LogP contribution in [0, 0.1) is 0 Å². The minimum atomic E-state index is -0.0753. The summed E-state index contributed by atoms with van der Waals surface area (Å²) in [5.41, 5.74) is 1.15. The molecule has 126 valence electrons. The molecule has 1 aromatic rings. The molecule has 6 heteroatoms. The highest BCUT2D eigenvalue weighted by atomic mass is 16.5. The molecule has 1 aliphatic carbocycles. The van der Waals surface area contributed by atoms with Gasteiger partial charge in [0.15, 0.2) is 0 Å². The summed E-state index contributed by atoms with van der Waals surface area (Å²) in [6.45, 7) is 3.77. The van der Waals surface area contributed by atoms with Crippen LogP contribution in [0.3, 0.4) is 0 Å². The highest BCUT2D eigenvalue weighted by molar-refractivity contribution is 5.74. The number of amides is 2. The second kappa shape index (κ2) is 7.66. The zero-order chi connectivity index (χ0) is 16.1. The van der Waals surface area contributed by atoms with Crippen LogP contribution in [-0.2, 0) is 4.74 Å². The predicted octanol–water partition coefficient (Wildman–Crippen LogP) is 1.53. The largest absolute Gasteiger partial charge is 0.497 e. The van der Waals surface area contributed by atoms with Gasteiger partial charge < -0.3 is 20.1 Å². The molecule has 0 unspecified atom stereocenters. The number of carbonyl (C=O) groups is 1. The lowest BCUT2D eigenvalue weighted by atomic mass is 10.0. The van der Waals surface area contributed by atoms with Gasteiger partial charge in [0.25, 0.3) is 0 Å². The van der Waals surface area contributed by atoms with E-state index in [0.29, 0.717) is 12.6 Å². The molecule has 2 amide bonds. The smallest absolute Gasteiger partial charge is 0.315 e. The first-order valence-corrected chi connectivity index (χ1v) is 8.26. The molecule has 23 heavy (non-hydrogen) atoms. The van der Waals surface area contributed by atoms with Crippen molar-refractivity contribution >= 4 is 6.03 Å². The molecular weight excluding hydrogens is 294 g/mol. The van der Waals surface area contributed by atoms with Crippen molar-refractivity contribution in [3.05, 3.63) is 29.8 Å². The molecular formula is C17H25N3O3. The van der Waals surface area contributed by atoms with Crippen molar-refractivity contribution in [1.82, 2.24) is 15.5 Å². The molecule has 1 heterocycles. The molecule has 6 nitrogen and oxygen atoms in total. The lowest BCUT2D eigenvalue weighted by Gasteiger charge is -2.35. The molecule has 2 fully saturated rings. The number of hydrogen-bond acceptors (Lipinski definition) is 4. The molecule has 2 aliphatic rings. The van der Waals surface area contributed by atoms with E-state index in [9.17, 15) is 4.79 Å². The van der Waals surface area contributed by atoms with E-state index >= 15 is 0 Å². The summed E-state index contributed by atoms with van der Waals surface area (Å²) in [6.07, 6.45) is 2.19. The van der Waals surface area contributed by atoms with E-state index in [4.69, 9.17) is 9.47 Å². The fourth-order valence-corrected chi connectivity index (χ4v) is 2.85. The van der Waals surface area contributed by atoms with Crippen LogP contribution in [0.2, 0.25) is 0 Å². The maximum Gasteiger partial charge on any atom is 0.315 e. The van der Waals surface area contributed by atoms with E-state index in [2.05, 4.69) is 21.6 Å². The number of nitrogens with one attached hydrogen (secondary N) is 2. The van der Waals surface area contributed by atoms with E-state index in [1.54, 1.807) is 7.11 Å². The Morgan fingerprint density at radius 3 is 2.87 bits per heavy atom. The van der Waals surface area contributed by atoms with Crippen molar-refractivity contribution < 1.29 is 14.3 Å². The minimum Gasteiger partial charge on any atom is -0.497 e. The van der Waals surface area contributed by atoms with Gasteiger partial charge in [-0.05, 0) is 30.5 Å². The van der Waals surface area contributed by atoms with Gasteiger partial charge in [-0.1, -0.05) is 12.1 Å². The average Bonchev–Trinajstić information content (AvgIpc) is 3.40. The first kappa shape index (κ1) is 16.1. The van der Waals surface area contributed by atoms with Crippen molar-refractivity contribution in [2.45, 2.75) is 24.9 Å². The third-order valence-corrected chi connectivity index (χ3v) is 4.33. The van der Waals surface area contributed by atoms with Crippen LogP contribution < -0.4 is 15.4 Å². The Morgan fingerprint density at radius 2 is 2.17 bits per heavy atom. The van der Waals surface area contributed by atoms with Crippen molar-refractivity contribution in [2.24, 2.45) is 0 Å². The Kier molecular flexibility index (Phi) is 5.35. The molecule has 0 spiro atoms. The quantitative estimate of drug-likeness (QED) is 0.835. The van der Waals surface area contributed by atoms with Gasteiger partial charge >= 0.3 is 6.03 Å². The van der Waals surface area contributed by atoms with Gasteiger partial charge in [0.1, 0.15) is 5.75 Å². The number of carbonyl (C=O) groups excluding carboxylic acids is 1. The van der Waals surface area contributed by atoms with Gasteiger partial charge in [0.2, 0.25) is 0 Å². The molecule has 1 aromatic carbocycles. The van der Waals surface area contributed by atoms with Gasteiger partial charge in [-0.15, -0.1) is 0 Å². The zero-order valence-electron chi connectivity index (χ0n) is 13.6. The Balaban J connectivity index is 1.67. The van der Waals surface area contributed by atoms with Gasteiger partial charge in [-0.25, -0.2) is 4.79 Å². The van der Waals surface area contributed by atoms with Crippen LogP contribution in [0.1, 0.15) is 24.4 Å². The summed E-state index contributed by atoms with van der Waals surface area (Å²) < 4.78 is 10.8. The number of rotatable bonds is 6. The normalized spacial score (nSPS) is 19.9. The van der Waals surface area contributed by atoms with Crippen LogP contribution in [0.25, 0.3) is 0 Å². The minimum absolute atomic E-state index is 0.0753. The third-order valence-electron chi connectivity index (χ3n) is 4.33. The van der Waals surface area contributed by atoms with Crippen LogP contribution in [0.15, 0.2) is 24.3 Å². The number of nitrogens with zero attached hydrogens (tertiary/aromatic N) is 1. The van der Waals surface area contributed by atoms with Crippen molar-refractivity contribution in [1.29, 1.82) is 0 Å². The summed E-state index contributed by atoms with van der Waals surface area (Å²) in [5, 5.41) is 5.98. The summed E-state index contributed by atoms with van der Waals surface area (Å²) in [4.78, 5) is 14.3. The monoisotopic (exact) mass is 319 g/mol. The highest BCUT2D eigenvalue weighted by Gasteiger charge is 2.26. The standard InChI is InChI=1S/C17H25N3O3/c1-22-15-4-2-3-13(11-15)16(20-7-9-23-10-8-20)12-18-17(21)19-14-5-6-14/h2-4,11,14,16H,5-10,12H2,1H3,(H2,18,19,21)/t16-/m0/s1. The Hall–Kier alpha value is -1.79. The molecule has 1 saturated carbocycles. The summed E-state index contributed by atoms with van der Waals surface area (Å²) in [7, 11) is 1.67. The van der Waals surface area contributed by atoms with E-state index in [1.807, 2.05) is 18.2 Å². The van der Waals surface area contributed by atoms with Crippen molar-refractivity contribution in [3.8, 4) is 5.75 Å². The topological polar surface area (TPSA) is 62.8 Å². The number of urea groups is 1. The molecule has 0 bridgehead atoms. The molecule has 0 aromatic heterocycles. The van der Waals surface area contributed by atoms with Crippen LogP contribution >= 0.6 is 0 Å². The van der Waals surface area contributed by atoms with Crippen LogP contribution in [-0.4, -0.2) is 56.9 Å². The van der Waals surface area contributed by atoms with E-state index in [0.717, 1.165) is 50.5 Å². The maximum absolute atomic E-state index is 11.9. The maximum atomic E-state index is 11.9. The number of methoxy groups -OCH3 is 1. The predicted molar refractivity (Wildman–Crippen MR) is 87.7 cm³/mol. The second-order valence-electron chi connectivity index (χ2n) is 6.07. The fraction of sp³-hybridized carbons (Fsp3) is 0.588. The van der Waals surface area contributed by atoms with E-state index < -0.39 is 0 Å². The van der Waals surface area contributed by atoms with Gasteiger partial charge in [0.05, 0.1) is 26.4 Å². The Labute approximate surface area is 137 Å². The SMILES string of the molecule is COc1cccc([C@H](CNC(=O)NC2CC2)N2CCOCC2)c1. The lowest BCUT2D eigenvalue weighted by molar-refractivity contribution is 0.0166. The first-order chi connectivity index (χ1) is 11.3. The van der Waals surface area contributed by atoms with Gasteiger partial charge in [-0.2, -0.15) is 0 Å². The molecule has 1 saturated heterocycles. The second-order valence-corrected chi connectivity index (χ2v) is 6.07. The van der Waals surface area contributed by atoms with Crippen molar-refractivity contribution in [3.63, 3.8) is 0 Å². The summed E-state index contributed by atoms with van der Waals surface area (Å²) in [6, 6.07) is 8.48. The van der Waals surface area contributed by atoms with Gasteiger partial charge in [-0.3, -0.25) is 4.90 Å². The highest BCUT2D eigenvalue weighted by Crippen LogP contribution is 2.25. The number of benzene rings is 1. The Morgan fingerprint density at radius 1 is 1.39 bits per heavy atom.